The number of phosphoric ester groups is 1. The lowest BCUT2D eigenvalue weighted by Crippen LogP contribution is -2.43. The third-order valence-electron chi connectivity index (χ3n) is 9.55. The average molecular weight is 914 g/mol. The normalized spacial score (nSPS) is 14.6. The number of phosphoric acid groups is 1. The van der Waals surface area contributed by atoms with Gasteiger partial charge >= 0.3 is 19.8 Å². The molecule has 12 heteroatoms. The number of rotatable bonds is 43. The molecule has 0 aliphatic rings. The van der Waals surface area contributed by atoms with Crippen molar-refractivity contribution in [1.29, 1.82) is 0 Å². The molecule has 0 rings (SSSR count). The zero-order valence-corrected chi connectivity index (χ0v) is 40.2. The molecule has 4 N–H and O–H groups in total. The number of hydrogen-bond acceptors (Lipinski definition) is 8. The molecule has 0 aromatic rings. The first-order valence-electron chi connectivity index (χ1n) is 23.9. The third kappa shape index (κ3) is 44.7. The predicted molar refractivity (Wildman–Crippen MR) is 263 cm³/mol. The fraction of sp³-hybridized carbons (Fsp3) is 0.596. The number of aliphatic carboxylic acids is 1. The number of ether oxygens (including phenoxy) is 1. The Balaban J connectivity index is 3.96. The summed E-state index contributed by atoms with van der Waals surface area (Å²) in [5, 5.41) is 21.8. The lowest BCUT2D eigenvalue weighted by atomic mass is 10.1. The van der Waals surface area contributed by atoms with Gasteiger partial charge in [0.05, 0.1) is 13.2 Å². The summed E-state index contributed by atoms with van der Waals surface area (Å²) in [6.07, 6.45) is 59.7. The lowest BCUT2D eigenvalue weighted by Gasteiger charge is -2.18. The highest BCUT2D eigenvalue weighted by Crippen LogP contribution is 2.43. The van der Waals surface area contributed by atoms with E-state index in [0.717, 1.165) is 83.5 Å². The van der Waals surface area contributed by atoms with Crippen molar-refractivity contribution in [2.24, 2.45) is 0 Å². The van der Waals surface area contributed by atoms with Gasteiger partial charge in [-0.05, 0) is 96.3 Å². The largest absolute Gasteiger partial charge is 0.480 e. The number of aliphatic hydroxyl groups is 1. The SMILES string of the molecule is CC/C=C\C/C=C\C/C=C\C/C=C\C/C=C\CCCC(=O)NC(COP(=O)(O)OCC(O)COC(=O)CCCCCCCCC/C=C\C/C=C\C/C=C\C/C=C\CCCCC)C(=O)O. The molecule has 0 bridgehead atoms. The first-order chi connectivity index (χ1) is 31.1. The van der Waals surface area contributed by atoms with Crippen LogP contribution in [0.2, 0.25) is 0 Å². The molecule has 0 heterocycles. The van der Waals surface area contributed by atoms with E-state index in [-0.39, 0.29) is 12.8 Å². The zero-order chi connectivity index (χ0) is 47.0. The highest BCUT2D eigenvalue weighted by molar-refractivity contribution is 7.47. The quantitative estimate of drug-likeness (QED) is 0.0200. The minimum atomic E-state index is -4.79. The second-order valence-electron chi connectivity index (χ2n) is 15.6. The summed E-state index contributed by atoms with van der Waals surface area (Å²) in [6, 6.07) is -1.59. The van der Waals surface area contributed by atoms with Crippen LogP contribution < -0.4 is 5.32 Å². The first kappa shape index (κ1) is 60.1. The van der Waals surface area contributed by atoms with Crippen LogP contribution in [0.5, 0.6) is 0 Å². The van der Waals surface area contributed by atoms with Gasteiger partial charge < -0.3 is 25.2 Å². The molecule has 362 valence electrons. The summed E-state index contributed by atoms with van der Waals surface area (Å²) in [5.74, 6) is -2.48. The third-order valence-corrected chi connectivity index (χ3v) is 10.5. The maximum Gasteiger partial charge on any atom is 0.472 e. The maximum absolute atomic E-state index is 12.3. The Morgan fingerprint density at radius 3 is 1.39 bits per heavy atom. The Kier molecular flexibility index (Phi) is 42.9. The van der Waals surface area contributed by atoms with Gasteiger partial charge in [0.1, 0.15) is 12.7 Å². The number of carbonyl (C=O) groups is 3. The van der Waals surface area contributed by atoms with E-state index in [9.17, 15) is 34.1 Å². The molecule has 0 aliphatic carbocycles. The fourth-order valence-corrected chi connectivity index (χ4v) is 6.63. The van der Waals surface area contributed by atoms with Gasteiger partial charge in [0.25, 0.3) is 0 Å². The van der Waals surface area contributed by atoms with Gasteiger partial charge in [-0.15, -0.1) is 0 Å². The summed E-state index contributed by atoms with van der Waals surface area (Å²) in [5.41, 5.74) is 0. The van der Waals surface area contributed by atoms with E-state index in [1.807, 2.05) is 12.2 Å². The van der Waals surface area contributed by atoms with Crippen molar-refractivity contribution in [3.63, 3.8) is 0 Å². The van der Waals surface area contributed by atoms with Crippen LogP contribution in [-0.2, 0) is 32.7 Å². The van der Waals surface area contributed by atoms with Crippen molar-refractivity contribution >= 4 is 25.7 Å². The number of carboxylic acids is 1. The van der Waals surface area contributed by atoms with Crippen molar-refractivity contribution in [1.82, 2.24) is 5.32 Å². The number of unbranched alkanes of at least 4 members (excludes halogenated alkanes) is 11. The van der Waals surface area contributed by atoms with Gasteiger partial charge in [0.15, 0.2) is 6.04 Å². The van der Waals surface area contributed by atoms with Crippen LogP contribution in [0.25, 0.3) is 0 Å². The molecule has 0 saturated carbocycles. The number of carboxylic acid groups (broad SMARTS) is 1. The van der Waals surface area contributed by atoms with Crippen LogP contribution in [-0.4, -0.2) is 64.9 Å². The van der Waals surface area contributed by atoms with Crippen molar-refractivity contribution in [3.8, 4) is 0 Å². The molecule has 0 fully saturated rings. The molecule has 1 amide bonds. The van der Waals surface area contributed by atoms with Gasteiger partial charge in [0, 0.05) is 12.8 Å². The summed E-state index contributed by atoms with van der Waals surface area (Å²) >= 11 is 0. The van der Waals surface area contributed by atoms with E-state index in [4.69, 9.17) is 13.8 Å². The number of amides is 1. The van der Waals surface area contributed by atoms with E-state index in [1.54, 1.807) is 0 Å². The van der Waals surface area contributed by atoms with E-state index in [0.29, 0.717) is 19.3 Å². The molecule has 3 atom stereocenters. The number of carbonyl (C=O) groups excluding carboxylic acids is 2. The van der Waals surface area contributed by atoms with E-state index < -0.39 is 57.6 Å². The van der Waals surface area contributed by atoms with Gasteiger partial charge in [-0.3, -0.25) is 18.6 Å². The predicted octanol–water partition coefficient (Wildman–Crippen LogP) is 13.0. The van der Waals surface area contributed by atoms with E-state index in [1.165, 1.54) is 38.5 Å². The molecular weight excluding hydrogens is 830 g/mol. The number of hydrogen-bond donors (Lipinski definition) is 4. The molecule has 11 nitrogen and oxygen atoms in total. The number of nitrogens with one attached hydrogen (secondary N) is 1. The molecule has 0 spiro atoms. The van der Waals surface area contributed by atoms with Gasteiger partial charge in [-0.25, -0.2) is 9.36 Å². The average Bonchev–Trinajstić information content (AvgIpc) is 3.27. The fourth-order valence-electron chi connectivity index (χ4n) is 5.86. The van der Waals surface area contributed by atoms with Crippen LogP contribution in [0, 0.1) is 0 Å². The van der Waals surface area contributed by atoms with Gasteiger partial charge in [-0.2, -0.15) is 0 Å². The van der Waals surface area contributed by atoms with Gasteiger partial charge in [0.2, 0.25) is 5.91 Å². The second-order valence-corrected chi connectivity index (χ2v) is 17.0. The number of esters is 1. The molecule has 0 aromatic carbocycles. The molecular formula is C52H84NO10P. The Morgan fingerprint density at radius 2 is 0.922 bits per heavy atom. The summed E-state index contributed by atoms with van der Waals surface area (Å²) < 4.78 is 26.9. The van der Waals surface area contributed by atoms with Crippen LogP contribution in [0.3, 0.4) is 0 Å². The smallest absolute Gasteiger partial charge is 0.472 e. The number of allylic oxidation sites excluding steroid dienone is 18. The second kappa shape index (κ2) is 45.7. The van der Waals surface area contributed by atoms with Crippen molar-refractivity contribution in [2.75, 3.05) is 19.8 Å². The van der Waals surface area contributed by atoms with Crippen LogP contribution >= 0.6 is 7.82 Å². The van der Waals surface area contributed by atoms with Crippen LogP contribution in [0.1, 0.15) is 168 Å². The standard InChI is InChI=1S/C52H84NO10P/c1-3-5-7-9-11-13-15-17-19-21-22-23-24-25-26-28-30-32-34-36-38-40-42-44-51(56)61-45-48(54)46-62-64(59,60)63-47-49(52(57)58)53-50(55)43-41-39-37-35-33-31-29-27-20-18-16-14-12-10-8-6-4-2/h6,8,11-14,17-20,22-23,25-26,29,31,35,37,48-49,54H,3-5,7,9-10,15-16,21,24,27-28,30,32-34,36,38-47H2,1-2H3,(H,53,55)(H,57,58)(H,59,60)/b8-6-,13-11-,14-12-,19-17-,20-18-,23-22-,26-25-,31-29-,37-35-. The Morgan fingerprint density at radius 1 is 0.516 bits per heavy atom. The Bertz CT molecular complexity index is 1490. The highest BCUT2D eigenvalue weighted by Gasteiger charge is 2.28. The summed E-state index contributed by atoms with van der Waals surface area (Å²) in [7, 11) is -4.79. The minimum absolute atomic E-state index is 0.0601. The molecule has 64 heavy (non-hydrogen) atoms. The van der Waals surface area contributed by atoms with E-state index >= 15 is 0 Å². The van der Waals surface area contributed by atoms with Crippen molar-refractivity contribution in [3.05, 3.63) is 109 Å². The van der Waals surface area contributed by atoms with Crippen LogP contribution in [0.4, 0.5) is 0 Å². The molecule has 0 radical (unpaired) electrons. The monoisotopic (exact) mass is 914 g/mol. The summed E-state index contributed by atoms with van der Waals surface area (Å²) in [6.45, 7) is 2.39. The Hall–Kier alpha value is -3.86. The van der Waals surface area contributed by atoms with Crippen LogP contribution in [0.15, 0.2) is 109 Å². The molecule has 3 unspecified atom stereocenters. The number of aliphatic hydroxyl groups excluding tert-OH is 1. The first-order valence-corrected chi connectivity index (χ1v) is 25.4. The topological polar surface area (TPSA) is 169 Å². The highest BCUT2D eigenvalue weighted by atomic mass is 31.2. The lowest BCUT2D eigenvalue weighted by molar-refractivity contribution is -0.147. The molecule has 0 aromatic heterocycles. The summed E-state index contributed by atoms with van der Waals surface area (Å²) in [4.78, 5) is 46.0. The Labute approximate surface area is 386 Å². The zero-order valence-electron chi connectivity index (χ0n) is 39.3. The van der Waals surface area contributed by atoms with Crippen molar-refractivity contribution < 1.29 is 47.8 Å². The van der Waals surface area contributed by atoms with E-state index in [2.05, 4.69) is 116 Å². The van der Waals surface area contributed by atoms with Crippen molar-refractivity contribution in [2.45, 2.75) is 180 Å². The van der Waals surface area contributed by atoms with Gasteiger partial charge in [-0.1, -0.05) is 168 Å². The maximum atomic E-state index is 12.3. The molecule has 0 aliphatic heterocycles. The molecule has 0 saturated heterocycles. The minimum Gasteiger partial charge on any atom is -0.480 e.